The fourth-order valence-corrected chi connectivity index (χ4v) is 4.24. The second-order valence-electron chi connectivity index (χ2n) is 8.57. The molecule has 0 radical (unpaired) electrons. The van der Waals surface area contributed by atoms with Crippen molar-refractivity contribution < 1.29 is 0 Å². The lowest BCUT2D eigenvalue weighted by atomic mass is 9.87. The monoisotopic (exact) mass is 341 g/mol. The average molecular weight is 342 g/mol. The van der Waals surface area contributed by atoms with Crippen LogP contribution in [0.1, 0.15) is 64.8 Å². The summed E-state index contributed by atoms with van der Waals surface area (Å²) in [6.07, 6.45) is 9.80. The van der Waals surface area contributed by atoms with Gasteiger partial charge in [-0.05, 0) is 68.2 Å². The summed E-state index contributed by atoms with van der Waals surface area (Å²) in [6, 6.07) is 2.31. The molecule has 0 aromatic carbocycles. The lowest BCUT2D eigenvalue weighted by Gasteiger charge is -2.33. The van der Waals surface area contributed by atoms with Gasteiger partial charge in [-0.25, -0.2) is 0 Å². The molecular formula is C22H35N3. The molecule has 25 heavy (non-hydrogen) atoms. The van der Waals surface area contributed by atoms with Gasteiger partial charge in [-0.1, -0.05) is 45.4 Å². The van der Waals surface area contributed by atoms with Crippen LogP contribution < -0.4 is 0 Å². The van der Waals surface area contributed by atoms with E-state index in [1.807, 2.05) is 0 Å². The van der Waals surface area contributed by atoms with Crippen molar-refractivity contribution in [3.8, 4) is 0 Å². The smallest absolute Gasteiger partial charge is 0.0771 e. The van der Waals surface area contributed by atoms with Crippen molar-refractivity contribution in [3.05, 3.63) is 35.2 Å². The van der Waals surface area contributed by atoms with Gasteiger partial charge in [0.05, 0.1) is 11.4 Å². The van der Waals surface area contributed by atoms with E-state index >= 15 is 0 Å². The molecule has 1 aromatic rings. The van der Waals surface area contributed by atoms with E-state index in [-0.39, 0.29) is 0 Å². The van der Waals surface area contributed by atoms with Crippen molar-refractivity contribution >= 4 is 5.57 Å². The summed E-state index contributed by atoms with van der Waals surface area (Å²) in [6.45, 7) is 12.7. The molecule has 1 aromatic heterocycles. The van der Waals surface area contributed by atoms with Crippen LogP contribution in [0.4, 0.5) is 0 Å². The minimum absolute atomic E-state index is 0.638. The maximum absolute atomic E-state index is 4.81. The summed E-state index contributed by atoms with van der Waals surface area (Å²) in [7, 11) is 2.09. The minimum Gasteiger partial charge on any atom is -0.297 e. The van der Waals surface area contributed by atoms with Crippen LogP contribution >= 0.6 is 0 Å². The molecule has 0 N–H and O–H groups in total. The van der Waals surface area contributed by atoms with Gasteiger partial charge in [-0.15, -0.1) is 0 Å². The van der Waals surface area contributed by atoms with Crippen LogP contribution in [0, 0.1) is 17.8 Å². The van der Waals surface area contributed by atoms with Gasteiger partial charge in [0.1, 0.15) is 0 Å². The summed E-state index contributed by atoms with van der Waals surface area (Å²) in [5.74, 6) is 2.37. The highest BCUT2D eigenvalue weighted by Crippen LogP contribution is 2.30. The number of piperidine rings is 1. The SMILES string of the molecule is CC(C)C1=CC(c2cc(CN3CCC(C(C)C)CC3)nn2C)=CCC1. The van der Waals surface area contributed by atoms with E-state index in [0.717, 1.165) is 24.8 Å². The van der Waals surface area contributed by atoms with Crippen molar-refractivity contribution in [3.63, 3.8) is 0 Å². The van der Waals surface area contributed by atoms with Gasteiger partial charge < -0.3 is 0 Å². The molecular weight excluding hydrogens is 306 g/mol. The fraction of sp³-hybridized carbons (Fsp3) is 0.682. The molecule has 0 bridgehead atoms. The van der Waals surface area contributed by atoms with Crippen LogP contribution in [0.15, 0.2) is 23.8 Å². The molecule has 0 saturated carbocycles. The number of aryl methyl sites for hydroxylation is 1. The maximum Gasteiger partial charge on any atom is 0.0771 e. The average Bonchev–Trinajstić information content (AvgIpc) is 2.95. The molecule has 0 atom stereocenters. The summed E-state index contributed by atoms with van der Waals surface area (Å²) in [4.78, 5) is 2.58. The Kier molecular flexibility index (Phi) is 5.83. The second kappa shape index (κ2) is 7.90. The number of hydrogen-bond donors (Lipinski definition) is 0. The zero-order chi connectivity index (χ0) is 18.0. The van der Waals surface area contributed by atoms with Gasteiger partial charge >= 0.3 is 0 Å². The van der Waals surface area contributed by atoms with Crippen LogP contribution in [0.2, 0.25) is 0 Å². The highest BCUT2D eigenvalue weighted by Gasteiger charge is 2.22. The minimum atomic E-state index is 0.638. The van der Waals surface area contributed by atoms with E-state index in [1.165, 1.54) is 49.3 Å². The Morgan fingerprint density at radius 2 is 1.88 bits per heavy atom. The first-order valence-corrected chi connectivity index (χ1v) is 10.1. The Morgan fingerprint density at radius 1 is 1.16 bits per heavy atom. The third-order valence-corrected chi connectivity index (χ3v) is 6.07. The van der Waals surface area contributed by atoms with Gasteiger partial charge in [0, 0.05) is 13.6 Å². The molecule has 2 heterocycles. The number of allylic oxidation sites excluding steroid dienone is 4. The Morgan fingerprint density at radius 3 is 2.52 bits per heavy atom. The van der Waals surface area contributed by atoms with Gasteiger partial charge in [-0.3, -0.25) is 9.58 Å². The molecule has 3 rings (SSSR count). The molecule has 0 spiro atoms. The molecule has 0 unspecified atom stereocenters. The predicted octanol–water partition coefficient (Wildman–Crippen LogP) is 5.05. The summed E-state index contributed by atoms with van der Waals surface area (Å²) in [5.41, 5.74) is 5.40. The first-order valence-electron chi connectivity index (χ1n) is 10.1. The summed E-state index contributed by atoms with van der Waals surface area (Å²) >= 11 is 0. The van der Waals surface area contributed by atoms with Crippen molar-refractivity contribution in [1.82, 2.24) is 14.7 Å². The Bertz CT molecular complexity index is 640. The fourth-order valence-electron chi connectivity index (χ4n) is 4.24. The molecule has 138 valence electrons. The number of aromatic nitrogens is 2. The van der Waals surface area contributed by atoms with Crippen LogP contribution in [-0.2, 0) is 13.6 Å². The number of likely N-dealkylation sites (tertiary alicyclic amines) is 1. The van der Waals surface area contributed by atoms with Crippen molar-refractivity contribution in [2.45, 2.75) is 59.9 Å². The highest BCUT2D eigenvalue weighted by molar-refractivity contribution is 5.74. The Balaban J connectivity index is 1.66. The summed E-state index contributed by atoms with van der Waals surface area (Å²) < 4.78 is 2.07. The molecule has 1 aliphatic carbocycles. The van der Waals surface area contributed by atoms with Crippen molar-refractivity contribution in [1.29, 1.82) is 0 Å². The standard InChI is InChI=1S/C22H35N3/c1-16(2)18-9-11-25(12-10-18)15-21-14-22(24(5)23-21)20-8-6-7-19(13-20)17(3)4/h8,13-14,16-18H,6-7,9-12,15H2,1-5H3. The number of rotatable bonds is 5. The Labute approximate surface area is 153 Å². The third-order valence-electron chi connectivity index (χ3n) is 6.07. The molecule has 3 nitrogen and oxygen atoms in total. The molecule has 1 saturated heterocycles. The van der Waals surface area contributed by atoms with Crippen LogP contribution in [-0.4, -0.2) is 27.8 Å². The van der Waals surface area contributed by atoms with E-state index in [1.54, 1.807) is 5.57 Å². The van der Waals surface area contributed by atoms with Gasteiger partial charge in [-0.2, -0.15) is 5.10 Å². The van der Waals surface area contributed by atoms with Crippen molar-refractivity contribution in [2.75, 3.05) is 13.1 Å². The maximum atomic E-state index is 4.81. The lowest BCUT2D eigenvalue weighted by molar-refractivity contribution is 0.150. The predicted molar refractivity (Wildman–Crippen MR) is 106 cm³/mol. The largest absolute Gasteiger partial charge is 0.297 e. The normalized spacial score (nSPS) is 20.3. The second-order valence-corrected chi connectivity index (χ2v) is 8.57. The van der Waals surface area contributed by atoms with Gasteiger partial charge in [0.2, 0.25) is 0 Å². The topological polar surface area (TPSA) is 21.1 Å². The molecule has 0 amide bonds. The van der Waals surface area contributed by atoms with Crippen LogP contribution in [0.5, 0.6) is 0 Å². The number of hydrogen-bond acceptors (Lipinski definition) is 2. The zero-order valence-corrected chi connectivity index (χ0v) is 16.8. The van der Waals surface area contributed by atoms with E-state index < -0.39 is 0 Å². The summed E-state index contributed by atoms with van der Waals surface area (Å²) in [5, 5.41) is 4.81. The van der Waals surface area contributed by atoms with Crippen molar-refractivity contribution in [2.24, 2.45) is 24.8 Å². The van der Waals surface area contributed by atoms with Crippen LogP contribution in [0.25, 0.3) is 5.57 Å². The van der Waals surface area contributed by atoms with Crippen LogP contribution in [0.3, 0.4) is 0 Å². The van der Waals surface area contributed by atoms with Gasteiger partial charge in [0.25, 0.3) is 0 Å². The molecule has 1 fully saturated rings. The highest BCUT2D eigenvalue weighted by atomic mass is 15.3. The molecule has 3 heteroatoms. The lowest BCUT2D eigenvalue weighted by Crippen LogP contribution is -2.34. The molecule has 1 aliphatic heterocycles. The van der Waals surface area contributed by atoms with E-state index in [9.17, 15) is 0 Å². The zero-order valence-electron chi connectivity index (χ0n) is 16.8. The first kappa shape index (κ1) is 18.4. The first-order chi connectivity index (χ1) is 11.9. The number of nitrogens with zero attached hydrogens (tertiary/aromatic N) is 3. The van der Waals surface area contributed by atoms with E-state index in [2.05, 4.69) is 62.5 Å². The third kappa shape index (κ3) is 4.44. The van der Waals surface area contributed by atoms with E-state index in [4.69, 9.17) is 5.10 Å². The Hall–Kier alpha value is -1.35. The van der Waals surface area contributed by atoms with E-state index in [0.29, 0.717) is 5.92 Å². The van der Waals surface area contributed by atoms with Gasteiger partial charge in [0.15, 0.2) is 0 Å². The molecule has 2 aliphatic rings. The quantitative estimate of drug-likeness (QED) is 0.747.